The predicted octanol–water partition coefficient (Wildman–Crippen LogP) is -0.879. The molecule has 1 atom stereocenters. The van der Waals surface area contributed by atoms with Gasteiger partial charge in [0.15, 0.2) is 6.10 Å². The number of amides is 2. The van der Waals surface area contributed by atoms with Gasteiger partial charge in [-0.3, -0.25) is 30.3 Å². The highest BCUT2D eigenvalue weighted by atomic mass is 16.6. The fraction of sp³-hybridized carbons (Fsp3) is 0.222. The molecule has 1 aromatic rings. The van der Waals surface area contributed by atoms with E-state index in [0.29, 0.717) is 5.56 Å². The second kappa shape index (κ2) is 5.79. The second-order valence-electron chi connectivity index (χ2n) is 2.96. The molecule has 4 N–H and O–H groups in total. The van der Waals surface area contributed by atoms with Crippen molar-refractivity contribution in [2.45, 2.75) is 13.0 Å². The first-order valence-electron chi connectivity index (χ1n) is 4.51. The highest BCUT2D eigenvalue weighted by Gasteiger charge is 2.13. The summed E-state index contributed by atoms with van der Waals surface area (Å²) in [5, 5.41) is 0. The van der Waals surface area contributed by atoms with Crippen LogP contribution in [0.15, 0.2) is 24.5 Å². The average Bonchev–Trinajstić information content (AvgIpc) is 2.35. The summed E-state index contributed by atoms with van der Waals surface area (Å²) in [5.74, 6) is 3.83. The summed E-state index contributed by atoms with van der Waals surface area (Å²) in [6.45, 7) is 1.45. The Morgan fingerprint density at radius 3 is 2.56 bits per heavy atom. The number of nitrogens with zero attached hydrogens (tertiary/aromatic N) is 1. The van der Waals surface area contributed by atoms with Gasteiger partial charge in [0.2, 0.25) is 0 Å². The van der Waals surface area contributed by atoms with Crippen LogP contribution in [0.4, 0.5) is 0 Å². The monoisotopic (exact) mass is 224 g/mol. The number of nitrogens with two attached hydrogens (primary N) is 1. The van der Waals surface area contributed by atoms with Crippen molar-refractivity contribution in [1.82, 2.24) is 15.8 Å². The van der Waals surface area contributed by atoms with Crippen LogP contribution in [0.5, 0.6) is 0 Å². The topological polar surface area (TPSA) is 106 Å². The minimum atomic E-state index is -0.835. The lowest BCUT2D eigenvalue weighted by Crippen LogP contribution is -2.46. The highest BCUT2D eigenvalue weighted by molar-refractivity contribution is 5.95. The van der Waals surface area contributed by atoms with Crippen molar-refractivity contribution in [3.63, 3.8) is 0 Å². The molecular formula is C9H12N4O3. The van der Waals surface area contributed by atoms with E-state index in [-0.39, 0.29) is 0 Å². The Kier molecular flexibility index (Phi) is 4.37. The Hall–Kier alpha value is -1.99. The number of hydrogen-bond donors (Lipinski definition) is 3. The number of nitrogens with one attached hydrogen (secondary N) is 2. The van der Waals surface area contributed by atoms with E-state index in [1.54, 1.807) is 0 Å². The molecule has 0 aliphatic carbocycles. The van der Waals surface area contributed by atoms with Crippen LogP contribution in [0.1, 0.15) is 17.3 Å². The molecule has 16 heavy (non-hydrogen) atoms. The zero-order valence-corrected chi connectivity index (χ0v) is 8.64. The molecule has 1 heterocycles. The molecule has 0 saturated carbocycles. The summed E-state index contributed by atoms with van der Waals surface area (Å²) in [6, 6.07) is 3.04. The molecule has 1 aromatic heterocycles. The van der Waals surface area contributed by atoms with Crippen molar-refractivity contribution < 1.29 is 14.4 Å². The summed E-state index contributed by atoms with van der Waals surface area (Å²) in [5.41, 5.74) is 4.77. The SMILES string of the molecule is CC(ON)C(=O)NNC(=O)c1ccncc1. The molecule has 0 spiro atoms. The van der Waals surface area contributed by atoms with Crippen LogP contribution in [-0.4, -0.2) is 22.9 Å². The van der Waals surface area contributed by atoms with Crippen LogP contribution >= 0.6 is 0 Å². The maximum absolute atomic E-state index is 11.4. The van der Waals surface area contributed by atoms with Crippen molar-refractivity contribution in [3.05, 3.63) is 30.1 Å². The minimum absolute atomic E-state index is 0.386. The van der Waals surface area contributed by atoms with E-state index in [9.17, 15) is 9.59 Å². The van der Waals surface area contributed by atoms with Crippen molar-refractivity contribution in [2.24, 2.45) is 5.90 Å². The second-order valence-corrected chi connectivity index (χ2v) is 2.96. The molecule has 0 fully saturated rings. The summed E-state index contributed by atoms with van der Waals surface area (Å²) in [7, 11) is 0. The number of hydrazine groups is 1. The first kappa shape index (κ1) is 12.1. The Balaban J connectivity index is 2.45. The largest absolute Gasteiger partial charge is 0.292 e. The van der Waals surface area contributed by atoms with Gasteiger partial charge in [0.1, 0.15) is 0 Å². The molecule has 0 aliphatic heterocycles. The van der Waals surface area contributed by atoms with E-state index in [1.807, 2.05) is 0 Å². The maximum atomic E-state index is 11.4. The smallest absolute Gasteiger partial charge is 0.269 e. The lowest BCUT2D eigenvalue weighted by atomic mass is 10.2. The van der Waals surface area contributed by atoms with E-state index < -0.39 is 17.9 Å². The fourth-order valence-corrected chi connectivity index (χ4v) is 0.857. The molecule has 0 aromatic carbocycles. The summed E-state index contributed by atoms with van der Waals surface area (Å²) < 4.78 is 0. The van der Waals surface area contributed by atoms with Gasteiger partial charge in [-0.25, -0.2) is 5.90 Å². The molecule has 86 valence electrons. The third-order valence-corrected chi connectivity index (χ3v) is 1.82. The predicted molar refractivity (Wildman–Crippen MR) is 54.6 cm³/mol. The maximum Gasteiger partial charge on any atom is 0.269 e. The van der Waals surface area contributed by atoms with E-state index in [2.05, 4.69) is 20.7 Å². The van der Waals surface area contributed by atoms with Gasteiger partial charge in [0.05, 0.1) is 0 Å². The molecule has 1 unspecified atom stereocenters. The molecule has 0 saturated heterocycles. The molecule has 0 bridgehead atoms. The fourth-order valence-electron chi connectivity index (χ4n) is 0.857. The van der Waals surface area contributed by atoms with Gasteiger partial charge in [0, 0.05) is 18.0 Å². The third-order valence-electron chi connectivity index (χ3n) is 1.82. The number of rotatable bonds is 3. The molecule has 2 amide bonds. The number of hydrogen-bond acceptors (Lipinski definition) is 5. The molecular weight excluding hydrogens is 212 g/mol. The third kappa shape index (κ3) is 3.30. The van der Waals surface area contributed by atoms with Gasteiger partial charge < -0.3 is 0 Å². The lowest BCUT2D eigenvalue weighted by molar-refractivity contribution is -0.132. The lowest BCUT2D eigenvalue weighted by Gasteiger charge is -2.10. The number of carbonyl (C=O) groups excluding carboxylic acids is 2. The Labute approximate surface area is 91.9 Å². The van der Waals surface area contributed by atoms with Gasteiger partial charge in [-0.2, -0.15) is 0 Å². The van der Waals surface area contributed by atoms with Crippen LogP contribution < -0.4 is 16.7 Å². The Morgan fingerprint density at radius 2 is 2.00 bits per heavy atom. The van der Waals surface area contributed by atoms with Gasteiger partial charge in [-0.1, -0.05) is 0 Å². The molecule has 7 heteroatoms. The minimum Gasteiger partial charge on any atom is -0.292 e. The van der Waals surface area contributed by atoms with E-state index in [4.69, 9.17) is 5.90 Å². The zero-order valence-electron chi connectivity index (χ0n) is 8.64. The first-order chi connectivity index (χ1) is 7.65. The Bertz CT molecular complexity index is 368. The van der Waals surface area contributed by atoms with Crippen LogP contribution in [0.2, 0.25) is 0 Å². The summed E-state index contributed by atoms with van der Waals surface area (Å²) >= 11 is 0. The number of pyridine rings is 1. The molecule has 0 aliphatic rings. The standard InChI is InChI=1S/C9H12N4O3/c1-6(16-10)8(14)12-13-9(15)7-2-4-11-5-3-7/h2-6H,10H2,1H3,(H,12,14)(H,13,15). The number of aromatic nitrogens is 1. The van der Waals surface area contributed by atoms with Crippen LogP contribution in [0.25, 0.3) is 0 Å². The van der Waals surface area contributed by atoms with E-state index >= 15 is 0 Å². The summed E-state index contributed by atoms with van der Waals surface area (Å²) in [6.07, 6.45) is 2.11. The van der Waals surface area contributed by atoms with Crippen LogP contribution in [-0.2, 0) is 9.63 Å². The van der Waals surface area contributed by atoms with Gasteiger partial charge in [0.25, 0.3) is 11.8 Å². The normalized spacial score (nSPS) is 11.6. The zero-order chi connectivity index (χ0) is 12.0. The van der Waals surface area contributed by atoms with Crippen molar-refractivity contribution in [3.8, 4) is 0 Å². The molecule has 0 radical (unpaired) electrons. The van der Waals surface area contributed by atoms with Gasteiger partial charge >= 0.3 is 0 Å². The van der Waals surface area contributed by atoms with Crippen molar-refractivity contribution >= 4 is 11.8 Å². The van der Waals surface area contributed by atoms with E-state index in [0.717, 1.165) is 0 Å². The van der Waals surface area contributed by atoms with Crippen molar-refractivity contribution in [1.29, 1.82) is 0 Å². The quantitative estimate of drug-likeness (QED) is 0.578. The van der Waals surface area contributed by atoms with Gasteiger partial charge in [-0.05, 0) is 19.1 Å². The van der Waals surface area contributed by atoms with Crippen molar-refractivity contribution in [2.75, 3.05) is 0 Å². The highest BCUT2D eigenvalue weighted by Crippen LogP contribution is 1.94. The molecule has 7 nitrogen and oxygen atoms in total. The number of carbonyl (C=O) groups is 2. The van der Waals surface area contributed by atoms with Crippen LogP contribution in [0, 0.1) is 0 Å². The Morgan fingerprint density at radius 1 is 1.38 bits per heavy atom. The average molecular weight is 224 g/mol. The van der Waals surface area contributed by atoms with Crippen LogP contribution in [0.3, 0.4) is 0 Å². The summed E-state index contributed by atoms with van der Waals surface area (Å²) in [4.78, 5) is 30.6. The first-order valence-corrected chi connectivity index (χ1v) is 4.51. The molecule has 1 rings (SSSR count). The van der Waals surface area contributed by atoms with E-state index in [1.165, 1.54) is 31.5 Å². The van der Waals surface area contributed by atoms with Gasteiger partial charge in [-0.15, -0.1) is 0 Å².